The highest BCUT2D eigenvalue weighted by molar-refractivity contribution is 5.76. The summed E-state index contributed by atoms with van der Waals surface area (Å²) in [5, 5.41) is 21.8. The van der Waals surface area contributed by atoms with Gasteiger partial charge >= 0.3 is 11.7 Å². The molecule has 0 bridgehead atoms. The van der Waals surface area contributed by atoms with Gasteiger partial charge in [-0.05, 0) is 12.1 Å². The molecule has 11 nitrogen and oxygen atoms in total. The third-order valence-corrected chi connectivity index (χ3v) is 3.98. The van der Waals surface area contributed by atoms with Crippen molar-refractivity contribution in [2.24, 2.45) is 7.05 Å². The van der Waals surface area contributed by atoms with Crippen LogP contribution in [0.2, 0.25) is 0 Å². The Balaban J connectivity index is 1.91. The maximum Gasteiger partial charge on any atom is 0.329 e. The van der Waals surface area contributed by atoms with Gasteiger partial charge in [0.1, 0.15) is 25.0 Å². The van der Waals surface area contributed by atoms with E-state index in [1.165, 1.54) is 11.6 Å². The molecule has 148 valence electrons. The highest BCUT2D eigenvalue weighted by atomic mass is 16.5. The standard InChI is InChI=1S/C17H19N5O6/c1-21-14-13(15(26)20-17(21)27)22(16(19-14)18-7-12(24)25)8-10(23)9-28-11-5-3-2-4-6-11/h2-6,10,23H,7-9H2,1H3,(H,18,19)(H,24,25)(H,20,26,27)/t10-/m0/s1. The van der Waals surface area contributed by atoms with Crippen LogP contribution in [0.3, 0.4) is 0 Å². The number of carboxylic acids is 1. The predicted molar refractivity (Wildman–Crippen MR) is 99.7 cm³/mol. The average molecular weight is 389 g/mol. The van der Waals surface area contributed by atoms with Gasteiger partial charge in [-0.2, -0.15) is 4.98 Å². The fourth-order valence-corrected chi connectivity index (χ4v) is 2.67. The Morgan fingerprint density at radius 2 is 2.04 bits per heavy atom. The molecule has 1 atom stereocenters. The molecule has 28 heavy (non-hydrogen) atoms. The molecule has 3 aromatic rings. The van der Waals surface area contributed by atoms with Gasteiger partial charge in [0.25, 0.3) is 5.56 Å². The molecule has 0 amide bonds. The van der Waals surface area contributed by atoms with Crippen molar-refractivity contribution in [2.75, 3.05) is 18.5 Å². The van der Waals surface area contributed by atoms with Crippen LogP contribution in [0.15, 0.2) is 39.9 Å². The summed E-state index contributed by atoms with van der Waals surface area (Å²) < 4.78 is 7.96. The number of aliphatic hydroxyl groups excluding tert-OH is 1. The zero-order chi connectivity index (χ0) is 20.3. The van der Waals surface area contributed by atoms with E-state index < -0.39 is 29.9 Å². The van der Waals surface area contributed by atoms with Crippen molar-refractivity contribution in [1.82, 2.24) is 19.1 Å². The van der Waals surface area contributed by atoms with Gasteiger partial charge in [-0.1, -0.05) is 18.2 Å². The molecule has 0 aliphatic heterocycles. The van der Waals surface area contributed by atoms with Gasteiger partial charge in [0.15, 0.2) is 11.2 Å². The topological polar surface area (TPSA) is 151 Å². The van der Waals surface area contributed by atoms with Gasteiger partial charge < -0.3 is 24.8 Å². The highest BCUT2D eigenvalue weighted by Crippen LogP contribution is 2.16. The lowest BCUT2D eigenvalue weighted by Gasteiger charge is -2.15. The third-order valence-electron chi connectivity index (χ3n) is 3.98. The number of hydrogen-bond donors (Lipinski definition) is 4. The van der Waals surface area contributed by atoms with Crippen molar-refractivity contribution in [2.45, 2.75) is 12.6 Å². The zero-order valence-electron chi connectivity index (χ0n) is 15.0. The first-order valence-corrected chi connectivity index (χ1v) is 8.38. The first kappa shape index (κ1) is 19.2. The minimum atomic E-state index is -1.13. The Hall–Kier alpha value is -3.60. The van der Waals surface area contributed by atoms with Crippen molar-refractivity contribution >= 4 is 23.1 Å². The predicted octanol–water partition coefficient (Wildman–Crippen LogP) is -0.640. The fourth-order valence-electron chi connectivity index (χ4n) is 2.67. The molecule has 0 saturated heterocycles. The van der Waals surface area contributed by atoms with Crippen molar-refractivity contribution in [3.63, 3.8) is 0 Å². The summed E-state index contributed by atoms with van der Waals surface area (Å²) in [6.07, 6.45) is -1.03. The summed E-state index contributed by atoms with van der Waals surface area (Å²) in [6.45, 7) is -0.621. The first-order chi connectivity index (χ1) is 13.4. The number of aryl methyl sites for hydroxylation is 1. The summed E-state index contributed by atoms with van der Waals surface area (Å²) in [6, 6.07) is 8.88. The van der Waals surface area contributed by atoms with Crippen LogP contribution >= 0.6 is 0 Å². The minimum absolute atomic E-state index is 0.0359. The number of rotatable bonds is 8. The summed E-state index contributed by atoms with van der Waals surface area (Å²) in [7, 11) is 1.42. The molecule has 0 aliphatic rings. The minimum Gasteiger partial charge on any atom is -0.491 e. The summed E-state index contributed by atoms with van der Waals surface area (Å²) in [4.78, 5) is 41.3. The zero-order valence-corrected chi connectivity index (χ0v) is 15.0. The molecule has 3 rings (SSSR count). The van der Waals surface area contributed by atoms with Crippen LogP contribution in [0.4, 0.5) is 5.95 Å². The molecule has 0 unspecified atom stereocenters. The molecule has 2 heterocycles. The number of anilines is 1. The normalized spacial score (nSPS) is 12.1. The van der Waals surface area contributed by atoms with E-state index >= 15 is 0 Å². The number of nitrogens with one attached hydrogen (secondary N) is 2. The van der Waals surface area contributed by atoms with Gasteiger partial charge in [-0.15, -0.1) is 0 Å². The van der Waals surface area contributed by atoms with Crippen LogP contribution < -0.4 is 21.3 Å². The molecule has 0 spiro atoms. The lowest BCUT2D eigenvalue weighted by atomic mass is 10.3. The Morgan fingerprint density at radius 3 is 2.71 bits per heavy atom. The number of hydrogen-bond acceptors (Lipinski definition) is 7. The molecule has 11 heteroatoms. The maximum absolute atomic E-state index is 12.3. The second kappa shape index (κ2) is 7.96. The molecule has 4 N–H and O–H groups in total. The van der Waals surface area contributed by atoms with E-state index in [-0.39, 0.29) is 30.3 Å². The van der Waals surface area contributed by atoms with E-state index in [0.717, 1.165) is 4.57 Å². The maximum atomic E-state index is 12.3. The molecule has 0 saturated carbocycles. The number of ether oxygens (including phenoxy) is 1. The van der Waals surface area contributed by atoms with E-state index in [9.17, 15) is 19.5 Å². The molecular weight excluding hydrogens is 370 g/mol. The van der Waals surface area contributed by atoms with Crippen molar-refractivity contribution in [3.05, 3.63) is 51.2 Å². The van der Waals surface area contributed by atoms with E-state index in [0.29, 0.717) is 5.75 Å². The number of aliphatic hydroxyl groups is 1. The molecule has 0 radical (unpaired) electrons. The number of aromatic nitrogens is 4. The quantitative estimate of drug-likeness (QED) is 0.397. The largest absolute Gasteiger partial charge is 0.491 e. The molecule has 2 aromatic heterocycles. The second-order valence-electron chi connectivity index (χ2n) is 6.06. The third kappa shape index (κ3) is 4.04. The van der Waals surface area contributed by atoms with Crippen LogP contribution in [-0.4, -0.2) is 54.5 Å². The molecule has 0 fully saturated rings. The molecule has 0 aliphatic carbocycles. The molecular formula is C17H19N5O6. The van der Waals surface area contributed by atoms with Crippen molar-refractivity contribution in [1.29, 1.82) is 0 Å². The monoisotopic (exact) mass is 389 g/mol. The van der Waals surface area contributed by atoms with Gasteiger partial charge in [-0.25, -0.2) is 4.79 Å². The Morgan fingerprint density at radius 1 is 1.32 bits per heavy atom. The number of carboxylic acid groups (broad SMARTS) is 1. The Kier molecular flexibility index (Phi) is 5.45. The van der Waals surface area contributed by atoms with Gasteiger partial charge in [0.2, 0.25) is 5.95 Å². The number of carbonyl (C=O) groups is 1. The second-order valence-corrected chi connectivity index (χ2v) is 6.06. The molecule has 1 aromatic carbocycles. The number of aliphatic carboxylic acids is 1. The fraction of sp³-hybridized carbons (Fsp3) is 0.294. The summed E-state index contributed by atoms with van der Waals surface area (Å²) >= 11 is 0. The van der Waals surface area contributed by atoms with Crippen LogP contribution in [0.5, 0.6) is 5.75 Å². The van der Waals surface area contributed by atoms with Crippen LogP contribution in [0.1, 0.15) is 0 Å². The summed E-state index contributed by atoms with van der Waals surface area (Å²) in [5.41, 5.74) is -1.24. The van der Waals surface area contributed by atoms with E-state index in [2.05, 4.69) is 15.3 Å². The van der Waals surface area contributed by atoms with Gasteiger partial charge in [0, 0.05) is 7.05 Å². The average Bonchev–Trinajstić information content (AvgIpc) is 3.02. The van der Waals surface area contributed by atoms with Crippen LogP contribution in [0.25, 0.3) is 11.2 Å². The lowest BCUT2D eigenvalue weighted by Crippen LogP contribution is -2.31. The number of H-pyrrole nitrogens is 1. The number of para-hydroxylation sites is 1. The van der Waals surface area contributed by atoms with Crippen LogP contribution in [0, 0.1) is 0 Å². The number of nitrogens with zero attached hydrogens (tertiary/aromatic N) is 3. The first-order valence-electron chi connectivity index (χ1n) is 8.38. The van der Waals surface area contributed by atoms with E-state index in [1.807, 2.05) is 6.07 Å². The van der Waals surface area contributed by atoms with E-state index in [1.54, 1.807) is 24.3 Å². The van der Waals surface area contributed by atoms with Gasteiger partial charge in [-0.3, -0.25) is 19.1 Å². The smallest absolute Gasteiger partial charge is 0.329 e. The SMILES string of the molecule is Cn1c(=O)[nH]c(=O)c2c1nc(NCC(=O)O)n2C[C@H](O)COc1ccccc1. The van der Waals surface area contributed by atoms with Crippen LogP contribution in [-0.2, 0) is 18.4 Å². The van der Waals surface area contributed by atoms with Crippen molar-refractivity contribution in [3.8, 4) is 5.75 Å². The number of benzene rings is 1. The number of fused-ring (bicyclic) bond motifs is 1. The van der Waals surface area contributed by atoms with Crippen molar-refractivity contribution < 1.29 is 19.7 Å². The Labute approximate surface area is 157 Å². The van der Waals surface area contributed by atoms with Gasteiger partial charge in [0.05, 0.1) is 6.54 Å². The highest BCUT2D eigenvalue weighted by Gasteiger charge is 2.20. The summed E-state index contributed by atoms with van der Waals surface area (Å²) in [5.74, 6) is -0.515. The van der Waals surface area contributed by atoms with E-state index in [4.69, 9.17) is 9.84 Å². The number of aromatic amines is 1. The number of imidazole rings is 1. The Bertz CT molecular complexity index is 1100. The lowest BCUT2D eigenvalue weighted by molar-refractivity contribution is -0.134.